The normalized spacial score (nSPS) is 11.6. The van der Waals surface area contributed by atoms with E-state index in [0.29, 0.717) is 16.9 Å². The smallest absolute Gasteiger partial charge is 0.171 e. The lowest BCUT2D eigenvalue weighted by Crippen LogP contribution is -2.43. The van der Waals surface area contributed by atoms with Gasteiger partial charge in [0.15, 0.2) is 5.11 Å². The number of rotatable bonds is 5. The number of ether oxygens (including phenoxy) is 1. The van der Waals surface area contributed by atoms with Gasteiger partial charge < -0.3 is 15.4 Å². The van der Waals surface area contributed by atoms with E-state index in [0.717, 1.165) is 22.7 Å². The van der Waals surface area contributed by atoms with E-state index in [2.05, 4.69) is 71.2 Å². The number of hydrogen-bond acceptors (Lipinski definition) is 2. The van der Waals surface area contributed by atoms with Gasteiger partial charge in [-0.15, -0.1) is 0 Å². The molecule has 0 fully saturated rings. The van der Waals surface area contributed by atoms with Gasteiger partial charge in [0.25, 0.3) is 0 Å². The fraction of sp³-hybridized carbons (Fsp3) is 0.435. The molecule has 0 heterocycles. The van der Waals surface area contributed by atoms with Crippen molar-refractivity contribution in [1.82, 2.24) is 5.32 Å². The predicted octanol–water partition coefficient (Wildman–Crippen LogP) is 6.81. The average Bonchev–Trinajstić information content (AvgIpc) is 2.54. The van der Waals surface area contributed by atoms with Gasteiger partial charge in [0, 0.05) is 11.2 Å². The summed E-state index contributed by atoms with van der Waals surface area (Å²) < 4.78 is 6.23. The molecule has 0 aliphatic heterocycles. The summed E-state index contributed by atoms with van der Waals surface area (Å²) in [6.45, 7) is 15.0. The second-order valence-corrected chi connectivity index (χ2v) is 8.94. The van der Waals surface area contributed by atoms with Crippen LogP contribution in [0.4, 0.5) is 5.69 Å². The molecule has 0 aliphatic rings. The second kappa shape index (κ2) is 8.75. The van der Waals surface area contributed by atoms with Gasteiger partial charge in [0.05, 0.1) is 0 Å². The quantitative estimate of drug-likeness (QED) is 0.555. The van der Waals surface area contributed by atoms with Crippen molar-refractivity contribution in [3.05, 3.63) is 53.6 Å². The van der Waals surface area contributed by atoms with Crippen LogP contribution in [0, 0.1) is 0 Å². The van der Waals surface area contributed by atoms with E-state index < -0.39 is 0 Å². The van der Waals surface area contributed by atoms with Gasteiger partial charge in [-0.2, -0.15) is 0 Å². The van der Waals surface area contributed by atoms with Crippen LogP contribution in [-0.4, -0.2) is 10.7 Å². The summed E-state index contributed by atoms with van der Waals surface area (Å²) in [6.07, 6.45) is 0. The fourth-order valence-corrected chi connectivity index (χ4v) is 3.26. The van der Waals surface area contributed by atoms with E-state index >= 15 is 0 Å². The molecule has 2 rings (SSSR count). The van der Waals surface area contributed by atoms with Crippen molar-refractivity contribution in [3.63, 3.8) is 0 Å². The fourth-order valence-electron chi connectivity index (χ4n) is 2.85. The van der Waals surface area contributed by atoms with Crippen LogP contribution in [0.5, 0.6) is 11.5 Å². The maximum atomic E-state index is 6.23. The zero-order valence-corrected chi connectivity index (χ0v) is 18.3. The summed E-state index contributed by atoms with van der Waals surface area (Å²) in [7, 11) is 0. The Hall–Kier alpha value is -2.07. The van der Waals surface area contributed by atoms with Gasteiger partial charge in [-0.05, 0) is 80.2 Å². The van der Waals surface area contributed by atoms with Crippen LogP contribution in [0.25, 0.3) is 0 Å². The molecule has 0 saturated carbocycles. The predicted molar refractivity (Wildman–Crippen MR) is 120 cm³/mol. The lowest BCUT2D eigenvalue weighted by Gasteiger charge is -2.25. The Bertz CT molecular complexity index is 777. The molecule has 0 unspecified atom stereocenters. The lowest BCUT2D eigenvalue weighted by molar-refractivity contribution is 0.472. The zero-order valence-electron chi connectivity index (χ0n) is 17.5. The van der Waals surface area contributed by atoms with Crippen LogP contribution in [0.2, 0.25) is 0 Å². The first-order valence-electron chi connectivity index (χ1n) is 9.56. The molecule has 0 radical (unpaired) electrons. The van der Waals surface area contributed by atoms with Crippen LogP contribution in [-0.2, 0) is 0 Å². The van der Waals surface area contributed by atoms with E-state index in [1.807, 2.05) is 30.3 Å². The first-order chi connectivity index (χ1) is 12.6. The molecule has 4 heteroatoms. The Morgan fingerprint density at radius 3 is 2.04 bits per heavy atom. The lowest BCUT2D eigenvalue weighted by atomic mass is 9.94. The minimum Gasteiger partial charge on any atom is -0.457 e. The highest BCUT2D eigenvalue weighted by molar-refractivity contribution is 7.80. The average molecular weight is 385 g/mol. The SMILES string of the molecule is CC(C)c1cc(Oc2ccccc2)c(C(C)C)cc1NC(=S)NC(C)(C)C. The number of benzene rings is 2. The number of thiocarbonyl (C=S) groups is 1. The third-order valence-electron chi connectivity index (χ3n) is 4.13. The molecule has 27 heavy (non-hydrogen) atoms. The topological polar surface area (TPSA) is 33.3 Å². The molecule has 0 spiro atoms. The molecular formula is C23H32N2OS. The van der Waals surface area contributed by atoms with Crippen LogP contribution in [0.15, 0.2) is 42.5 Å². The Morgan fingerprint density at radius 1 is 0.926 bits per heavy atom. The highest BCUT2D eigenvalue weighted by Crippen LogP contribution is 2.38. The van der Waals surface area contributed by atoms with Crippen molar-refractivity contribution in [2.75, 3.05) is 5.32 Å². The molecule has 0 aromatic heterocycles. The van der Waals surface area contributed by atoms with Crippen molar-refractivity contribution in [3.8, 4) is 11.5 Å². The van der Waals surface area contributed by atoms with Crippen molar-refractivity contribution in [2.24, 2.45) is 0 Å². The molecule has 0 saturated heterocycles. The van der Waals surface area contributed by atoms with Crippen molar-refractivity contribution < 1.29 is 4.74 Å². The number of hydrogen-bond donors (Lipinski definition) is 2. The van der Waals surface area contributed by atoms with Gasteiger partial charge in [-0.1, -0.05) is 45.9 Å². The molecule has 0 aliphatic carbocycles. The van der Waals surface area contributed by atoms with Gasteiger partial charge in [0.1, 0.15) is 11.5 Å². The summed E-state index contributed by atoms with van der Waals surface area (Å²) >= 11 is 5.52. The number of anilines is 1. The molecule has 0 atom stereocenters. The summed E-state index contributed by atoms with van der Waals surface area (Å²) in [5, 5.41) is 7.36. The maximum Gasteiger partial charge on any atom is 0.171 e. The van der Waals surface area contributed by atoms with E-state index in [1.165, 1.54) is 5.56 Å². The van der Waals surface area contributed by atoms with Crippen LogP contribution in [0.1, 0.15) is 71.4 Å². The first-order valence-corrected chi connectivity index (χ1v) is 9.97. The number of para-hydroxylation sites is 1. The van der Waals surface area contributed by atoms with Gasteiger partial charge in [0.2, 0.25) is 0 Å². The molecule has 2 aromatic rings. The second-order valence-electron chi connectivity index (χ2n) is 8.53. The minimum atomic E-state index is -0.0840. The van der Waals surface area contributed by atoms with Gasteiger partial charge in [-0.3, -0.25) is 0 Å². The molecule has 146 valence electrons. The molecule has 0 bridgehead atoms. The largest absolute Gasteiger partial charge is 0.457 e. The molecular weight excluding hydrogens is 352 g/mol. The number of nitrogens with one attached hydrogen (secondary N) is 2. The molecule has 0 amide bonds. The molecule has 2 N–H and O–H groups in total. The summed E-state index contributed by atoms with van der Waals surface area (Å²) in [5.74, 6) is 2.42. The van der Waals surface area contributed by atoms with Crippen molar-refractivity contribution in [1.29, 1.82) is 0 Å². The monoisotopic (exact) mass is 384 g/mol. The summed E-state index contributed by atoms with van der Waals surface area (Å²) in [6, 6.07) is 14.2. The first kappa shape index (κ1) is 21.2. The Morgan fingerprint density at radius 2 is 1.52 bits per heavy atom. The third-order valence-corrected chi connectivity index (χ3v) is 4.34. The van der Waals surface area contributed by atoms with E-state index in [-0.39, 0.29) is 5.54 Å². The van der Waals surface area contributed by atoms with Crippen molar-refractivity contribution in [2.45, 2.75) is 65.8 Å². The van der Waals surface area contributed by atoms with Crippen molar-refractivity contribution >= 4 is 23.0 Å². The maximum absolute atomic E-state index is 6.23. The van der Waals surface area contributed by atoms with Crippen LogP contribution in [0.3, 0.4) is 0 Å². The summed E-state index contributed by atoms with van der Waals surface area (Å²) in [4.78, 5) is 0. The van der Waals surface area contributed by atoms with E-state index in [4.69, 9.17) is 17.0 Å². The van der Waals surface area contributed by atoms with E-state index in [1.54, 1.807) is 0 Å². The summed E-state index contributed by atoms with van der Waals surface area (Å²) in [5.41, 5.74) is 3.29. The van der Waals surface area contributed by atoms with Crippen LogP contribution < -0.4 is 15.4 Å². The Labute approximate surface area is 169 Å². The van der Waals surface area contributed by atoms with E-state index in [9.17, 15) is 0 Å². The molecule has 2 aromatic carbocycles. The van der Waals surface area contributed by atoms with Gasteiger partial charge in [-0.25, -0.2) is 0 Å². The third kappa shape index (κ3) is 6.24. The molecule has 3 nitrogen and oxygen atoms in total. The highest BCUT2D eigenvalue weighted by atomic mass is 32.1. The standard InChI is InChI=1S/C23H32N2OS/c1-15(2)18-14-21(26-17-11-9-8-10-12-17)19(16(3)4)13-20(18)24-22(27)25-23(5,6)7/h8-16H,1-7H3,(H2,24,25,27). The van der Waals surface area contributed by atoms with Crippen LogP contribution >= 0.6 is 12.2 Å². The highest BCUT2D eigenvalue weighted by Gasteiger charge is 2.18. The minimum absolute atomic E-state index is 0.0840. The van der Waals surface area contributed by atoms with Gasteiger partial charge >= 0.3 is 0 Å². The Kier molecular flexibility index (Phi) is 6.88. The zero-order chi connectivity index (χ0) is 20.2. The Balaban J connectivity index is 2.42.